The van der Waals surface area contributed by atoms with Gasteiger partial charge in [0.2, 0.25) is 5.91 Å². The predicted molar refractivity (Wildman–Crippen MR) is 115 cm³/mol. The molecule has 3 aliphatic rings. The molecule has 164 valence electrons. The van der Waals surface area contributed by atoms with Crippen LogP contribution in [0.1, 0.15) is 31.2 Å². The SMILES string of the molecule is O=C(NC[C@@H]1CN(Cc2ccccc2)CCO1)[C@H]1CCCN(C(=O)N2CCCC2)C1. The quantitative estimate of drug-likeness (QED) is 0.800. The maximum atomic E-state index is 12.8. The molecule has 0 bridgehead atoms. The molecule has 7 nitrogen and oxygen atoms in total. The fraction of sp³-hybridized carbons (Fsp3) is 0.652. The van der Waals surface area contributed by atoms with Crippen LogP contribution in [0.25, 0.3) is 0 Å². The maximum Gasteiger partial charge on any atom is 0.320 e. The minimum absolute atomic E-state index is 0.0114. The molecule has 4 rings (SSSR count). The molecular weight excluding hydrogens is 380 g/mol. The summed E-state index contributed by atoms with van der Waals surface area (Å²) in [6.07, 6.45) is 3.93. The van der Waals surface area contributed by atoms with Crippen molar-refractivity contribution in [3.05, 3.63) is 35.9 Å². The van der Waals surface area contributed by atoms with Crippen molar-refractivity contribution in [3.8, 4) is 0 Å². The first kappa shape index (κ1) is 21.1. The van der Waals surface area contributed by atoms with Crippen molar-refractivity contribution in [2.24, 2.45) is 5.92 Å². The summed E-state index contributed by atoms with van der Waals surface area (Å²) >= 11 is 0. The van der Waals surface area contributed by atoms with E-state index in [1.807, 2.05) is 15.9 Å². The van der Waals surface area contributed by atoms with Gasteiger partial charge in [0.15, 0.2) is 0 Å². The molecule has 0 radical (unpaired) electrons. The Morgan fingerprint density at radius 3 is 2.53 bits per heavy atom. The number of urea groups is 1. The topological polar surface area (TPSA) is 65.1 Å². The van der Waals surface area contributed by atoms with Crippen molar-refractivity contribution in [1.82, 2.24) is 20.0 Å². The van der Waals surface area contributed by atoms with Gasteiger partial charge in [-0.25, -0.2) is 4.79 Å². The zero-order valence-corrected chi connectivity index (χ0v) is 17.8. The Hall–Kier alpha value is -2.12. The predicted octanol–water partition coefficient (Wildman–Crippen LogP) is 1.93. The second kappa shape index (κ2) is 10.3. The Morgan fingerprint density at radius 1 is 0.967 bits per heavy atom. The summed E-state index contributed by atoms with van der Waals surface area (Å²) in [4.78, 5) is 31.6. The number of nitrogens with zero attached hydrogens (tertiary/aromatic N) is 3. The molecule has 0 aliphatic carbocycles. The van der Waals surface area contributed by atoms with E-state index in [0.717, 1.165) is 65.0 Å². The first-order valence-electron chi connectivity index (χ1n) is 11.4. The van der Waals surface area contributed by atoms with E-state index in [9.17, 15) is 9.59 Å². The molecule has 3 aliphatic heterocycles. The van der Waals surface area contributed by atoms with Crippen molar-refractivity contribution < 1.29 is 14.3 Å². The lowest BCUT2D eigenvalue weighted by molar-refractivity contribution is -0.127. The van der Waals surface area contributed by atoms with Crippen LogP contribution in [0.2, 0.25) is 0 Å². The summed E-state index contributed by atoms with van der Waals surface area (Å²) in [6, 6.07) is 10.6. The number of hydrogen-bond donors (Lipinski definition) is 1. The fourth-order valence-corrected chi connectivity index (χ4v) is 4.72. The first-order chi connectivity index (χ1) is 14.7. The molecular formula is C23H34N4O3. The number of carbonyl (C=O) groups is 2. The smallest absolute Gasteiger partial charge is 0.320 e. The van der Waals surface area contributed by atoms with Crippen molar-refractivity contribution in [1.29, 1.82) is 0 Å². The van der Waals surface area contributed by atoms with Gasteiger partial charge in [-0.15, -0.1) is 0 Å². The monoisotopic (exact) mass is 414 g/mol. The number of nitrogens with one attached hydrogen (secondary N) is 1. The number of carbonyl (C=O) groups excluding carboxylic acids is 2. The number of benzene rings is 1. The zero-order valence-electron chi connectivity index (χ0n) is 17.8. The van der Waals surface area contributed by atoms with E-state index < -0.39 is 0 Å². The van der Waals surface area contributed by atoms with Gasteiger partial charge in [-0.1, -0.05) is 30.3 Å². The van der Waals surface area contributed by atoms with E-state index in [2.05, 4.69) is 34.5 Å². The summed E-state index contributed by atoms with van der Waals surface area (Å²) in [5.74, 6) is -0.0629. The summed E-state index contributed by atoms with van der Waals surface area (Å²) in [7, 11) is 0. The van der Waals surface area contributed by atoms with Gasteiger partial charge in [0, 0.05) is 52.4 Å². The molecule has 0 unspecified atom stereocenters. The molecule has 1 aromatic carbocycles. The average molecular weight is 415 g/mol. The molecule has 2 atom stereocenters. The summed E-state index contributed by atoms with van der Waals surface area (Å²) in [5.41, 5.74) is 1.30. The number of morpholine rings is 1. The highest BCUT2D eigenvalue weighted by atomic mass is 16.5. The molecule has 7 heteroatoms. The third-order valence-electron chi connectivity index (χ3n) is 6.42. The van der Waals surface area contributed by atoms with Crippen LogP contribution in [0.15, 0.2) is 30.3 Å². The van der Waals surface area contributed by atoms with E-state index in [1.54, 1.807) is 0 Å². The van der Waals surface area contributed by atoms with Crippen LogP contribution in [0.3, 0.4) is 0 Å². The molecule has 0 saturated carbocycles. The Bertz CT molecular complexity index is 708. The molecule has 30 heavy (non-hydrogen) atoms. The van der Waals surface area contributed by atoms with Crippen molar-refractivity contribution in [2.45, 2.75) is 38.3 Å². The van der Waals surface area contributed by atoms with Crippen LogP contribution in [0, 0.1) is 5.92 Å². The molecule has 3 fully saturated rings. The van der Waals surface area contributed by atoms with Gasteiger partial charge in [-0.2, -0.15) is 0 Å². The first-order valence-corrected chi connectivity index (χ1v) is 11.4. The van der Waals surface area contributed by atoms with Crippen molar-refractivity contribution in [2.75, 3.05) is 52.4 Å². The Balaban J connectivity index is 1.22. The molecule has 0 spiro atoms. The lowest BCUT2D eigenvalue weighted by Gasteiger charge is -2.35. The van der Waals surface area contributed by atoms with Gasteiger partial charge in [0.05, 0.1) is 18.6 Å². The van der Waals surface area contributed by atoms with Gasteiger partial charge < -0.3 is 19.9 Å². The highest BCUT2D eigenvalue weighted by Gasteiger charge is 2.32. The van der Waals surface area contributed by atoms with E-state index in [-0.39, 0.29) is 24.0 Å². The van der Waals surface area contributed by atoms with Gasteiger partial charge in [0.1, 0.15) is 0 Å². The lowest BCUT2D eigenvalue weighted by Crippen LogP contribution is -2.51. The third-order valence-corrected chi connectivity index (χ3v) is 6.42. The van der Waals surface area contributed by atoms with Gasteiger partial charge in [-0.3, -0.25) is 9.69 Å². The Kier molecular flexibility index (Phi) is 7.23. The zero-order chi connectivity index (χ0) is 20.8. The minimum Gasteiger partial charge on any atom is -0.374 e. The van der Waals surface area contributed by atoms with Gasteiger partial charge in [0.25, 0.3) is 0 Å². The lowest BCUT2D eigenvalue weighted by atomic mass is 9.97. The molecule has 1 aromatic rings. The number of piperidine rings is 1. The van der Waals surface area contributed by atoms with Crippen LogP contribution < -0.4 is 5.32 Å². The summed E-state index contributed by atoms with van der Waals surface area (Å²) in [6.45, 7) is 6.86. The minimum atomic E-state index is -0.116. The number of amides is 3. The molecule has 0 aromatic heterocycles. The summed E-state index contributed by atoms with van der Waals surface area (Å²) < 4.78 is 5.88. The largest absolute Gasteiger partial charge is 0.374 e. The second-order valence-electron chi connectivity index (χ2n) is 8.72. The second-order valence-corrected chi connectivity index (χ2v) is 8.72. The van der Waals surface area contributed by atoms with Crippen LogP contribution >= 0.6 is 0 Å². The average Bonchev–Trinajstić information content (AvgIpc) is 3.33. The number of ether oxygens (including phenoxy) is 1. The van der Waals surface area contributed by atoms with E-state index in [0.29, 0.717) is 19.7 Å². The normalized spacial score (nSPS) is 25.3. The standard InChI is InChI=1S/C23H34N4O3/c28-22(20-9-6-12-27(17-20)23(29)26-10-4-5-11-26)24-15-21-18-25(13-14-30-21)16-19-7-2-1-3-8-19/h1-3,7-8,20-21H,4-6,9-18H2,(H,24,28)/t20-,21+/m0/s1. The van der Waals surface area contributed by atoms with Crippen LogP contribution in [-0.4, -0.2) is 85.2 Å². The van der Waals surface area contributed by atoms with E-state index >= 15 is 0 Å². The molecule has 3 amide bonds. The number of hydrogen-bond acceptors (Lipinski definition) is 4. The molecule has 3 saturated heterocycles. The van der Waals surface area contributed by atoms with Gasteiger partial charge in [-0.05, 0) is 31.2 Å². The highest BCUT2D eigenvalue weighted by Crippen LogP contribution is 2.20. The van der Waals surface area contributed by atoms with Crippen LogP contribution in [0.5, 0.6) is 0 Å². The van der Waals surface area contributed by atoms with Gasteiger partial charge >= 0.3 is 6.03 Å². The molecule has 3 heterocycles. The molecule has 1 N–H and O–H groups in total. The van der Waals surface area contributed by atoms with Crippen molar-refractivity contribution in [3.63, 3.8) is 0 Å². The number of rotatable bonds is 5. The highest BCUT2D eigenvalue weighted by molar-refractivity contribution is 5.81. The Morgan fingerprint density at radius 2 is 1.73 bits per heavy atom. The van der Waals surface area contributed by atoms with E-state index in [1.165, 1.54) is 5.56 Å². The Labute approximate surface area is 179 Å². The van der Waals surface area contributed by atoms with Crippen LogP contribution in [-0.2, 0) is 16.1 Å². The fourth-order valence-electron chi connectivity index (χ4n) is 4.72. The maximum absolute atomic E-state index is 12.8. The number of likely N-dealkylation sites (tertiary alicyclic amines) is 2. The van der Waals surface area contributed by atoms with Crippen molar-refractivity contribution >= 4 is 11.9 Å². The van der Waals surface area contributed by atoms with Crippen LogP contribution in [0.4, 0.5) is 4.79 Å². The van der Waals surface area contributed by atoms with E-state index in [4.69, 9.17) is 4.74 Å². The third kappa shape index (κ3) is 5.52. The summed E-state index contributed by atoms with van der Waals surface area (Å²) in [5, 5.41) is 3.09.